The number of rotatable bonds is 6. The highest BCUT2D eigenvalue weighted by molar-refractivity contribution is 5.20. The van der Waals surface area contributed by atoms with Gasteiger partial charge < -0.3 is 10.2 Å². The average Bonchev–Trinajstić information content (AvgIpc) is 2.53. The van der Waals surface area contributed by atoms with Crippen molar-refractivity contribution in [1.29, 1.82) is 0 Å². The van der Waals surface area contributed by atoms with Gasteiger partial charge in [-0.3, -0.25) is 0 Å². The van der Waals surface area contributed by atoms with Crippen LogP contribution < -0.4 is 0 Å². The molecule has 0 saturated heterocycles. The van der Waals surface area contributed by atoms with Crippen LogP contribution in [0.4, 0.5) is 0 Å². The Hall–Kier alpha value is -1.56. The summed E-state index contributed by atoms with van der Waals surface area (Å²) in [5.74, 6) is 17.0. The molecule has 6 heteroatoms. The Balaban J connectivity index is 5.05. The highest BCUT2D eigenvalue weighted by Gasteiger charge is 2.27. The predicted octanol–water partition coefficient (Wildman–Crippen LogP) is 3.55. The molecule has 0 fully saturated rings. The lowest BCUT2D eigenvalue weighted by molar-refractivity contribution is -0.377. The molecule has 2 N–H and O–H groups in total. The minimum Gasteiger partial charge on any atom is -0.378 e. The van der Waals surface area contributed by atoms with E-state index in [0.29, 0.717) is 0 Å². The molecule has 0 atom stereocenters. The normalized spacial score (nSPS) is 13.4. The van der Waals surface area contributed by atoms with Crippen molar-refractivity contribution in [3.8, 4) is 35.5 Å². The second-order valence-corrected chi connectivity index (χ2v) is 10.2. The lowest BCUT2D eigenvalue weighted by Gasteiger charge is -2.26. The van der Waals surface area contributed by atoms with Crippen LogP contribution in [0.3, 0.4) is 0 Å². The molecule has 30 heavy (non-hydrogen) atoms. The van der Waals surface area contributed by atoms with Crippen molar-refractivity contribution in [2.24, 2.45) is 0 Å². The molecule has 0 aromatic carbocycles. The van der Waals surface area contributed by atoms with Gasteiger partial charge in [0.25, 0.3) is 0 Å². The van der Waals surface area contributed by atoms with Crippen LogP contribution in [0, 0.1) is 35.5 Å². The minimum absolute atomic E-state index is 0.933. The summed E-state index contributed by atoms with van der Waals surface area (Å²) in [6.07, 6.45) is 0. The highest BCUT2D eigenvalue weighted by Crippen LogP contribution is 2.19. The molecule has 0 radical (unpaired) electrons. The topological polar surface area (TPSA) is 77.4 Å². The van der Waals surface area contributed by atoms with E-state index in [9.17, 15) is 10.2 Å². The summed E-state index contributed by atoms with van der Waals surface area (Å²) in [5.41, 5.74) is -6.02. The highest BCUT2D eigenvalue weighted by atomic mass is 17.2. The minimum atomic E-state index is -1.12. The first kappa shape index (κ1) is 28.4. The molecule has 0 aliphatic heterocycles. The first-order valence-electron chi connectivity index (χ1n) is 9.85. The predicted molar refractivity (Wildman–Crippen MR) is 117 cm³/mol. The Morgan fingerprint density at radius 1 is 0.367 bits per heavy atom. The third-order valence-electron chi connectivity index (χ3n) is 2.92. The lowest BCUT2D eigenvalue weighted by atomic mass is 10.1. The largest absolute Gasteiger partial charge is 0.378 e. The maximum atomic E-state index is 9.73. The quantitative estimate of drug-likeness (QED) is 0.387. The summed E-state index contributed by atoms with van der Waals surface area (Å²) >= 11 is 0. The van der Waals surface area contributed by atoms with E-state index in [2.05, 4.69) is 35.5 Å². The molecule has 0 unspecified atom stereocenters. The number of hydrogen-bond donors (Lipinski definition) is 2. The summed E-state index contributed by atoms with van der Waals surface area (Å²) in [7, 11) is 0. The molecule has 0 aromatic rings. The van der Waals surface area contributed by atoms with Crippen molar-refractivity contribution in [2.75, 3.05) is 0 Å². The van der Waals surface area contributed by atoms with Gasteiger partial charge in [-0.1, -0.05) is 35.5 Å². The van der Waals surface area contributed by atoms with Crippen LogP contribution in [0.5, 0.6) is 0 Å². The van der Waals surface area contributed by atoms with Crippen molar-refractivity contribution >= 4 is 0 Å². The van der Waals surface area contributed by atoms with Crippen molar-refractivity contribution in [1.82, 2.24) is 0 Å². The van der Waals surface area contributed by atoms with Crippen molar-refractivity contribution in [3.05, 3.63) is 0 Å². The fourth-order valence-corrected chi connectivity index (χ4v) is 1.41. The van der Waals surface area contributed by atoms with Gasteiger partial charge in [0.05, 0.1) is 0 Å². The molecular formula is C24H38O6. The van der Waals surface area contributed by atoms with Crippen molar-refractivity contribution in [2.45, 2.75) is 117 Å². The first-order chi connectivity index (χ1) is 13.0. The monoisotopic (exact) mass is 422 g/mol. The number of aliphatic hydroxyl groups is 2. The van der Waals surface area contributed by atoms with Gasteiger partial charge in [0.15, 0.2) is 22.4 Å². The zero-order chi connectivity index (χ0) is 24.1. The van der Waals surface area contributed by atoms with Gasteiger partial charge in [0.1, 0.15) is 11.2 Å². The van der Waals surface area contributed by atoms with E-state index >= 15 is 0 Å². The van der Waals surface area contributed by atoms with Gasteiger partial charge in [0, 0.05) is 0 Å². The van der Waals surface area contributed by atoms with Crippen LogP contribution in [-0.4, -0.2) is 43.8 Å². The fraction of sp³-hybridized carbons (Fsp3) is 0.750. The second-order valence-electron chi connectivity index (χ2n) is 10.2. The number of hydrogen-bond acceptors (Lipinski definition) is 6. The molecule has 0 bridgehead atoms. The Bertz CT molecular complexity index is 693. The summed E-state index contributed by atoms with van der Waals surface area (Å²) < 4.78 is 0. The van der Waals surface area contributed by atoms with Gasteiger partial charge >= 0.3 is 0 Å². The van der Waals surface area contributed by atoms with Crippen LogP contribution >= 0.6 is 0 Å². The Labute approximate surface area is 182 Å². The molecule has 0 heterocycles. The summed E-state index contributed by atoms with van der Waals surface area (Å²) in [4.78, 5) is 21.8. The summed E-state index contributed by atoms with van der Waals surface area (Å²) in [5, 5.41) is 19.5. The van der Waals surface area contributed by atoms with Gasteiger partial charge in [0.2, 0.25) is 0 Å². The molecule has 0 aromatic heterocycles. The fourth-order valence-electron chi connectivity index (χ4n) is 1.41. The van der Waals surface area contributed by atoms with Crippen molar-refractivity contribution in [3.63, 3.8) is 0 Å². The van der Waals surface area contributed by atoms with Crippen LogP contribution in [0.15, 0.2) is 0 Å². The van der Waals surface area contributed by atoms with E-state index in [1.54, 1.807) is 83.1 Å². The Kier molecular flexibility index (Phi) is 9.21. The first-order valence-corrected chi connectivity index (χ1v) is 9.85. The maximum absolute atomic E-state index is 9.73. The maximum Gasteiger partial charge on any atom is 0.158 e. The molecule has 0 amide bonds. The van der Waals surface area contributed by atoms with Gasteiger partial charge in [-0.05, 0) is 83.1 Å². The van der Waals surface area contributed by atoms with E-state index in [0.717, 1.165) is 0 Å². The van der Waals surface area contributed by atoms with E-state index in [4.69, 9.17) is 19.6 Å². The average molecular weight is 423 g/mol. The van der Waals surface area contributed by atoms with Crippen molar-refractivity contribution < 1.29 is 29.8 Å². The summed E-state index contributed by atoms with van der Waals surface area (Å²) in [6.45, 7) is 20.3. The second kappa shape index (κ2) is 9.71. The van der Waals surface area contributed by atoms with E-state index < -0.39 is 33.6 Å². The molecule has 0 rings (SSSR count). The molecule has 0 spiro atoms. The van der Waals surface area contributed by atoms with E-state index in [-0.39, 0.29) is 0 Å². The molecule has 0 aliphatic rings. The molecular weight excluding hydrogens is 384 g/mol. The SMILES string of the molecule is CC(C)(O)C#CC(C)(C)OOC(C)(C)C#CC(C)(C)OOC(C)(C)C#CC(C)(C)O. The van der Waals surface area contributed by atoms with E-state index in [1.165, 1.54) is 0 Å². The molecule has 0 aliphatic carbocycles. The Morgan fingerprint density at radius 2 is 0.533 bits per heavy atom. The van der Waals surface area contributed by atoms with Crippen LogP contribution in [0.2, 0.25) is 0 Å². The molecule has 0 saturated carbocycles. The van der Waals surface area contributed by atoms with Crippen LogP contribution in [0.25, 0.3) is 0 Å². The standard InChI is InChI=1S/C24H38O6/c1-19(2,25)13-15-21(5,6)27-29-23(9,10)17-18-24(11,12)30-28-22(7,8)16-14-20(3,4)26/h25-26H,1-12H3. The third-order valence-corrected chi connectivity index (χ3v) is 2.92. The van der Waals surface area contributed by atoms with Gasteiger partial charge in [-0.15, -0.1) is 0 Å². The zero-order valence-corrected chi connectivity index (χ0v) is 20.5. The Morgan fingerprint density at radius 3 is 0.700 bits per heavy atom. The van der Waals surface area contributed by atoms with Crippen LogP contribution in [0.1, 0.15) is 83.1 Å². The van der Waals surface area contributed by atoms with Gasteiger partial charge in [-0.25, -0.2) is 19.6 Å². The molecule has 6 nitrogen and oxygen atoms in total. The van der Waals surface area contributed by atoms with E-state index in [1.807, 2.05) is 0 Å². The third kappa shape index (κ3) is 15.3. The lowest BCUT2D eigenvalue weighted by Crippen LogP contribution is -2.33. The van der Waals surface area contributed by atoms with Crippen LogP contribution in [-0.2, 0) is 19.6 Å². The summed E-state index contributed by atoms with van der Waals surface area (Å²) in [6, 6.07) is 0. The van der Waals surface area contributed by atoms with Gasteiger partial charge in [-0.2, -0.15) is 0 Å². The zero-order valence-electron chi connectivity index (χ0n) is 20.5. The smallest absolute Gasteiger partial charge is 0.158 e. The molecule has 170 valence electrons.